The van der Waals surface area contributed by atoms with E-state index in [4.69, 9.17) is 4.74 Å². The lowest BCUT2D eigenvalue weighted by Crippen LogP contribution is -2.44. The molecule has 0 aliphatic rings. The second kappa shape index (κ2) is 8.41. The number of thiazole rings is 1. The first-order valence-corrected chi connectivity index (χ1v) is 10.0. The molecule has 0 aliphatic carbocycles. The van der Waals surface area contributed by atoms with Crippen molar-refractivity contribution in [2.24, 2.45) is 5.92 Å². The van der Waals surface area contributed by atoms with Crippen molar-refractivity contribution in [3.63, 3.8) is 0 Å². The summed E-state index contributed by atoms with van der Waals surface area (Å²) in [5, 5.41) is 4.80. The maximum atomic E-state index is 12.6. The van der Waals surface area contributed by atoms with Crippen LogP contribution in [-0.2, 0) is 14.8 Å². The fourth-order valence-electron chi connectivity index (χ4n) is 2.17. The van der Waals surface area contributed by atoms with E-state index in [0.717, 1.165) is 0 Å². The van der Waals surface area contributed by atoms with Crippen LogP contribution < -0.4 is 14.8 Å². The van der Waals surface area contributed by atoms with Gasteiger partial charge in [0.05, 0.1) is 12.0 Å². The van der Waals surface area contributed by atoms with Crippen molar-refractivity contribution in [2.45, 2.75) is 31.2 Å². The number of benzene rings is 1. The first kappa shape index (κ1) is 19.4. The normalized spacial score (nSPS) is 12.8. The highest BCUT2D eigenvalue weighted by molar-refractivity contribution is 7.89. The smallest absolute Gasteiger partial charge is 0.244 e. The first-order chi connectivity index (χ1) is 11.8. The molecule has 136 valence electrons. The number of rotatable bonds is 8. The molecule has 1 aromatic carbocycles. The Hall–Kier alpha value is -1.97. The van der Waals surface area contributed by atoms with Gasteiger partial charge in [-0.15, -0.1) is 11.3 Å². The number of nitrogens with one attached hydrogen (secondary N) is 2. The van der Waals surface area contributed by atoms with E-state index in [9.17, 15) is 13.2 Å². The van der Waals surface area contributed by atoms with Crippen LogP contribution in [0.5, 0.6) is 5.75 Å². The quantitative estimate of drug-likeness (QED) is 0.730. The molecule has 1 aromatic heterocycles. The number of methoxy groups -OCH3 is 1. The molecule has 2 N–H and O–H groups in total. The zero-order valence-corrected chi connectivity index (χ0v) is 15.9. The maximum Gasteiger partial charge on any atom is 0.244 e. The van der Waals surface area contributed by atoms with Gasteiger partial charge in [0.25, 0.3) is 0 Å². The van der Waals surface area contributed by atoms with Gasteiger partial charge in [0.15, 0.2) is 5.13 Å². The molecule has 0 bridgehead atoms. The van der Waals surface area contributed by atoms with Gasteiger partial charge in [-0.1, -0.05) is 13.8 Å². The van der Waals surface area contributed by atoms with Gasteiger partial charge in [-0.25, -0.2) is 13.4 Å². The number of hydrogen-bond donors (Lipinski definition) is 2. The fourth-order valence-corrected chi connectivity index (χ4v) is 3.91. The second-order valence-corrected chi connectivity index (χ2v) is 8.41. The van der Waals surface area contributed by atoms with Crippen molar-refractivity contribution in [3.8, 4) is 5.75 Å². The summed E-state index contributed by atoms with van der Waals surface area (Å²) in [7, 11) is -2.33. The Labute approximate surface area is 151 Å². The molecule has 1 atom stereocenters. The molecule has 0 saturated carbocycles. The van der Waals surface area contributed by atoms with Crippen LogP contribution in [0.1, 0.15) is 20.3 Å². The van der Waals surface area contributed by atoms with E-state index >= 15 is 0 Å². The number of aromatic nitrogens is 1. The van der Waals surface area contributed by atoms with Crippen molar-refractivity contribution >= 4 is 32.4 Å². The molecule has 0 spiro atoms. The zero-order valence-electron chi connectivity index (χ0n) is 14.2. The molecule has 0 saturated heterocycles. The van der Waals surface area contributed by atoms with Gasteiger partial charge in [0, 0.05) is 11.6 Å². The Morgan fingerprint density at radius 1 is 1.28 bits per heavy atom. The molecule has 0 fully saturated rings. The molecule has 1 unspecified atom stereocenters. The molecule has 9 heteroatoms. The van der Waals surface area contributed by atoms with Crippen molar-refractivity contribution in [1.82, 2.24) is 9.71 Å². The van der Waals surface area contributed by atoms with Gasteiger partial charge in [-0.2, -0.15) is 4.72 Å². The predicted molar refractivity (Wildman–Crippen MR) is 97.3 cm³/mol. The van der Waals surface area contributed by atoms with Crippen LogP contribution >= 0.6 is 11.3 Å². The van der Waals surface area contributed by atoms with E-state index < -0.39 is 22.0 Å². The molecular formula is C16H21N3O4S2. The Morgan fingerprint density at radius 2 is 1.96 bits per heavy atom. The third kappa shape index (κ3) is 5.52. The summed E-state index contributed by atoms with van der Waals surface area (Å²) in [4.78, 5) is 16.5. The van der Waals surface area contributed by atoms with Gasteiger partial charge in [-0.3, -0.25) is 4.79 Å². The number of carbonyl (C=O) groups is 1. The summed E-state index contributed by atoms with van der Waals surface area (Å²) in [6.07, 6.45) is 1.94. The van der Waals surface area contributed by atoms with Gasteiger partial charge >= 0.3 is 0 Å². The number of carbonyl (C=O) groups excluding carboxylic acids is 1. The van der Waals surface area contributed by atoms with E-state index in [2.05, 4.69) is 15.0 Å². The molecule has 2 rings (SSSR count). The van der Waals surface area contributed by atoms with Crippen molar-refractivity contribution in [3.05, 3.63) is 35.8 Å². The van der Waals surface area contributed by atoms with E-state index in [0.29, 0.717) is 17.3 Å². The Bertz CT molecular complexity index is 787. The average Bonchev–Trinajstić information content (AvgIpc) is 3.06. The third-order valence-corrected chi connectivity index (χ3v) is 5.53. The zero-order chi connectivity index (χ0) is 18.4. The van der Waals surface area contributed by atoms with Crippen LogP contribution in [0.2, 0.25) is 0 Å². The Kier molecular flexibility index (Phi) is 6.51. The molecule has 0 radical (unpaired) electrons. The fraction of sp³-hybridized carbons (Fsp3) is 0.375. The van der Waals surface area contributed by atoms with Crippen molar-refractivity contribution in [2.75, 3.05) is 12.4 Å². The second-order valence-electron chi connectivity index (χ2n) is 5.81. The largest absolute Gasteiger partial charge is 0.497 e. The summed E-state index contributed by atoms with van der Waals surface area (Å²) in [6, 6.07) is 5.10. The van der Waals surface area contributed by atoms with E-state index in [1.807, 2.05) is 13.8 Å². The number of sulfonamides is 1. The number of amides is 1. The topological polar surface area (TPSA) is 97.4 Å². The average molecular weight is 383 g/mol. The summed E-state index contributed by atoms with van der Waals surface area (Å²) in [5.41, 5.74) is 0. The van der Waals surface area contributed by atoms with Crippen LogP contribution in [-0.4, -0.2) is 32.5 Å². The molecule has 2 aromatic rings. The molecule has 0 aliphatic heterocycles. The lowest BCUT2D eigenvalue weighted by Gasteiger charge is -2.19. The van der Waals surface area contributed by atoms with Crippen molar-refractivity contribution < 1.29 is 17.9 Å². The minimum absolute atomic E-state index is 0.0732. The van der Waals surface area contributed by atoms with Crippen LogP contribution in [0, 0.1) is 5.92 Å². The lowest BCUT2D eigenvalue weighted by atomic mass is 10.0. The van der Waals surface area contributed by atoms with Crippen LogP contribution in [0.25, 0.3) is 0 Å². The van der Waals surface area contributed by atoms with Gasteiger partial charge in [-0.05, 0) is 36.6 Å². The van der Waals surface area contributed by atoms with Crippen LogP contribution in [0.4, 0.5) is 5.13 Å². The predicted octanol–water partition coefficient (Wildman–Crippen LogP) is 2.48. The molecule has 25 heavy (non-hydrogen) atoms. The highest BCUT2D eigenvalue weighted by Gasteiger charge is 2.27. The number of hydrogen-bond acceptors (Lipinski definition) is 6. The highest BCUT2D eigenvalue weighted by atomic mass is 32.2. The van der Waals surface area contributed by atoms with E-state index in [-0.39, 0.29) is 10.8 Å². The summed E-state index contributed by atoms with van der Waals surface area (Å²) in [5.74, 6) is 0.255. The Morgan fingerprint density at radius 3 is 2.48 bits per heavy atom. The van der Waals surface area contributed by atoms with Crippen molar-refractivity contribution in [1.29, 1.82) is 0 Å². The molecule has 1 amide bonds. The monoisotopic (exact) mass is 383 g/mol. The van der Waals surface area contributed by atoms with Crippen LogP contribution in [0.15, 0.2) is 40.7 Å². The summed E-state index contributed by atoms with van der Waals surface area (Å²) >= 11 is 1.27. The molecule has 7 nitrogen and oxygen atoms in total. The van der Waals surface area contributed by atoms with Gasteiger partial charge in [0.2, 0.25) is 15.9 Å². The number of ether oxygens (including phenoxy) is 1. The molecular weight excluding hydrogens is 362 g/mol. The number of anilines is 1. The maximum absolute atomic E-state index is 12.6. The Balaban J connectivity index is 2.17. The third-order valence-electron chi connectivity index (χ3n) is 3.35. The summed E-state index contributed by atoms with van der Waals surface area (Å²) < 4.78 is 32.7. The first-order valence-electron chi connectivity index (χ1n) is 7.68. The molecule has 1 heterocycles. The highest BCUT2D eigenvalue weighted by Crippen LogP contribution is 2.18. The van der Waals surface area contributed by atoms with E-state index in [1.165, 1.54) is 30.6 Å². The summed E-state index contributed by atoms with van der Waals surface area (Å²) in [6.45, 7) is 3.84. The SMILES string of the molecule is COc1ccc(S(=O)(=O)NC(CC(C)C)C(=O)Nc2nccs2)cc1. The lowest BCUT2D eigenvalue weighted by molar-refractivity contribution is -0.118. The minimum atomic E-state index is -3.84. The standard InChI is InChI=1S/C16H21N3O4S2/c1-11(2)10-14(15(20)18-16-17-8-9-24-16)19-25(21,22)13-6-4-12(23-3)5-7-13/h4-9,11,14,19H,10H2,1-3H3,(H,17,18,20). The van der Waals surface area contributed by atoms with Gasteiger partial charge in [0.1, 0.15) is 11.8 Å². The van der Waals surface area contributed by atoms with Crippen LogP contribution in [0.3, 0.4) is 0 Å². The van der Waals surface area contributed by atoms with E-state index in [1.54, 1.807) is 23.7 Å². The minimum Gasteiger partial charge on any atom is -0.497 e. The number of nitrogens with zero attached hydrogens (tertiary/aromatic N) is 1. The van der Waals surface area contributed by atoms with Gasteiger partial charge < -0.3 is 10.1 Å².